The number of alkyl halides is 6. The lowest BCUT2D eigenvalue weighted by Gasteiger charge is -2.51. The molecular formula is C44H29ClF7N3O5. The van der Waals surface area contributed by atoms with Gasteiger partial charge in [0.05, 0.1) is 45.7 Å². The van der Waals surface area contributed by atoms with E-state index in [9.17, 15) is 50.2 Å². The fourth-order valence-electron chi connectivity index (χ4n) is 9.88. The van der Waals surface area contributed by atoms with E-state index in [-0.39, 0.29) is 35.9 Å². The molecule has 0 bridgehead atoms. The molecule has 5 aromatic rings. The second-order valence-corrected chi connectivity index (χ2v) is 15.8. The first-order valence-corrected chi connectivity index (χ1v) is 19.0. The molecule has 8 nitrogen and oxygen atoms in total. The van der Waals surface area contributed by atoms with Crippen LogP contribution in [-0.4, -0.2) is 33.7 Å². The summed E-state index contributed by atoms with van der Waals surface area (Å²) in [5, 5.41) is 14.1. The molecular weight excluding hydrogens is 819 g/mol. The highest BCUT2D eigenvalue weighted by Gasteiger charge is 2.71. The molecule has 9 rings (SSSR count). The van der Waals surface area contributed by atoms with Crippen LogP contribution in [0.3, 0.4) is 0 Å². The number of phenolic OH excluding ortho intramolecular Hbond substituents is 1. The van der Waals surface area contributed by atoms with Crippen molar-refractivity contribution < 1.29 is 55.0 Å². The lowest BCUT2D eigenvalue weighted by Crippen LogP contribution is -2.53. The zero-order valence-electron chi connectivity index (χ0n) is 30.7. The number of aromatic hydroxyl groups is 1. The Hall–Kier alpha value is -6.22. The maximum absolute atomic E-state index is 15.5. The Kier molecular flexibility index (Phi) is 8.94. The lowest BCUT2D eigenvalue weighted by atomic mass is 9.48. The van der Waals surface area contributed by atoms with Crippen LogP contribution in [0.2, 0.25) is 5.02 Å². The van der Waals surface area contributed by atoms with Gasteiger partial charge in [0.15, 0.2) is 0 Å². The Morgan fingerprint density at radius 2 is 1.40 bits per heavy atom. The minimum Gasteiger partial charge on any atom is -0.508 e. The Morgan fingerprint density at radius 1 is 0.750 bits per heavy atom. The molecule has 1 saturated carbocycles. The van der Waals surface area contributed by atoms with E-state index >= 15 is 4.79 Å². The quantitative estimate of drug-likeness (QED) is 0.104. The van der Waals surface area contributed by atoms with Gasteiger partial charge in [0, 0.05) is 16.5 Å². The highest BCUT2D eigenvalue weighted by Crippen LogP contribution is 2.65. The number of hydrogen-bond acceptors (Lipinski definition) is 6. The van der Waals surface area contributed by atoms with Crippen molar-refractivity contribution in [2.45, 2.75) is 36.5 Å². The number of rotatable bonds is 5. The summed E-state index contributed by atoms with van der Waals surface area (Å²) < 4.78 is 97.9. The molecule has 3 fully saturated rings. The molecule has 16 heteroatoms. The number of amides is 4. The molecule has 2 aliphatic heterocycles. The number of carbonyl (C=O) groups excluding carboxylic acids is 4. The minimum absolute atomic E-state index is 0.103. The largest absolute Gasteiger partial charge is 0.508 e. The Balaban J connectivity index is 1.26. The molecule has 4 aliphatic rings. The van der Waals surface area contributed by atoms with Gasteiger partial charge in [-0.15, -0.1) is 0 Å². The van der Waals surface area contributed by atoms with Crippen LogP contribution in [0.15, 0.2) is 115 Å². The van der Waals surface area contributed by atoms with Gasteiger partial charge in [-0.25, -0.2) is 9.29 Å². The molecule has 0 unspecified atom stereocenters. The van der Waals surface area contributed by atoms with Crippen molar-refractivity contribution in [3.63, 3.8) is 0 Å². The van der Waals surface area contributed by atoms with E-state index in [1.54, 1.807) is 48.5 Å². The third-order valence-electron chi connectivity index (χ3n) is 12.3. The van der Waals surface area contributed by atoms with Crippen molar-refractivity contribution in [1.29, 1.82) is 0 Å². The molecule has 2 heterocycles. The van der Waals surface area contributed by atoms with Crippen LogP contribution in [0.5, 0.6) is 5.75 Å². The van der Waals surface area contributed by atoms with Gasteiger partial charge < -0.3 is 5.11 Å². The zero-order valence-corrected chi connectivity index (χ0v) is 31.4. The fraction of sp³-hybridized carbons (Fsp3) is 0.227. The van der Waals surface area contributed by atoms with Gasteiger partial charge in [-0.2, -0.15) is 31.4 Å². The zero-order chi connectivity index (χ0) is 42.6. The topological polar surface area (TPSA) is 107 Å². The summed E-state index contributed by atoms with van der Waals surface area (Å²) in [6.07, 6.45) is -9.41. The third-order valence-corrected chi connectivity index (χ3v) is 12.6. The highest BCUT2D eigenvalue weighted by molar-refractivity contribution is 6.30. The second-order valence-electron chi connectivity index (χ2n) is 15.4. The van der Waals surface area contributed by atoms with Crippen LogP contribution >= 0.6 is 11.6 Å². The van der Waals surface area contributed by atoms with Crippen molar-refractivity contribution >= 4 is 57.4 Å². The summed E-state index contributed by atoms with van der Waals surface area (Å²) >= 11 is 6.34. The molecule has 2 aliphatic carbocycles. The van der Waals surface area contributed by atoms with Gasteiger partial charge in [-0.1, -0.05) is 65.7 Å². The van der Waals surface area contributed by atoms with Crippen molar-refractivity contribution in [3.05, 3.63) is 148 Å². The van der Waals surface area contributed by atoms with Crippen LogP contribution in [0.4, 0.5) is 42.1 Å². The lowest BCUT2D eigenvalue weighted by molar-refractivity contribution is -0.143. The van der Waals surface area contributed by atoms with Gasteiger partial charge in [0.25, 0.3) is 11.8 Å². The number of benzene rings is 5. The molecule has 0 radical (unpaired) electrons. The smallest absolute Gasteiger partial charge is 0.416 e. The Morgan fingerprint density at radius 3 is 2.05 bits per heavy atom. The van der Waals surface area contributed by atoms with Crippen LogP contribution in [0.1, 0.15) is 41.0 Å². The number of hydrazine groups is 1. The summed E-state index contributed by atoms with van der Waals surface area (Å²) in [7, 11) is 0. The Bertz CT molecular complexity index is 2650. The van der Waals surface area contributed by atoms with Gasteiger partial charge in [-0.05, 0) is 95.8 Å². The number of carbonyl (C=O) groups is 4. The first-order chi connectivity index (χ1) is 28.4. The van der Waals surface area contributed by atoms with E-state index in [2.05, 4.69) is 5.43 Å². The van der Waals surface area contributed by atoms with Crippen molar-refractivity contribution in [2.75, 3.05) is 10.3 Å². The minimum atomic E-state index is -5.27. The monoisotopic (exact) mass is 847 g/mol. The van der Waals surface area contributed by atoms with Gasteiger partial charge in [-0.3, -0.25) is 24.6 Å². The van der Waals surface area contributed by atoms with Crippen LogP contribution in [0, 0.1) is 29.5 Å². The maximum Gasteiger partial charge on any atom is 0.416 e. The Labute approximate surface area is 340 Å². The fourth-order valence-corrected chi connectivity index (χ4v) is 10.0. The molecule has 5 aromatic carbocycles. The average Bonchev–Trinajstić information content (AvgIpc) is 3.59. The maximum atomic E-state index is 15.5. The van der Waals surface area contributed by atoms with E-state index in [0.29, 0.717) is 44.0 Å². The number of nitrogens with zero attached hydrogens (tertiary/aromatic N) is 2. The van der Waals surface area contributed by atoms with Gasteiger partial charge >= 0.3 is 12.4 Å². The number of nitrogens with one attached hydrogen (secondary N) is 1. The van der Waals surface area contributed by atoms with E-state index in [0.717, 1.165) is 17.1 Å². The summed E-state index contributed by atoms with van der Waals surface area (Å²) in [6.45, 7) is 0. The number of hydrogen-bond donors (Lipinski definition) is 2. The first kappa shape index (κ1) is 39.3. The van der Waals surface area contributed by atoms with Crippen LogP contribution < -0.4 is 10.3 Å². The van der Waals surface area contributed by atoms with Crippen molar-refractivity contribution in [3.8, 4) is 5.75 Å². The molecule has 2 saturated heterocycles. The molecule has 0 aromatic heterocycles. The molecule has 2 N–H and O–H groups in total. The molecule has 4 amide bonds. The number of phenols is 1. The number of imide groups is 2. The standard InChI is InChI=1S/C44H29ClF7N3O5/c45-25-8-6-22(7-9-25)42-33(39(58)55(41(42)60)53-27-12-10-26(46)11-13-27)20-32-30(37(42)36-29-4-2-1-3-21(29)5-16-34(36)56)14-15-31-35(32)40(59)54(38(31)57)28-18-23(43(47,48)49)17-24(19-28)44(50,51)52/h1-14,16-19,31-33,35,37,53,56H,15,20H2/t31-,32+,33-,35-,37+,42+/m0/s1. The molecule has 6 atom stereocenters. The second kappa shape index (κ2) is 13.7. The molecule has 60 heavy (non-hydrogen) atoms. The average molecular weight is 848 g/mol. The van der Waals surface area contributed by atoms with Crippen molar-refractivity contribution in [1.82, 2.24) is 5.01 Å². The van der Waals surface area contributed by atoms with Crippen molar-refractivity contribution in [2.24, 2.45) is 23.7 Å². The number of allylic oxidation sites excluding steroid dienone is 2. The SMILES string of the molecule is O=C1[C@@H]2C[C@@H]3C(=CC[C@@H]4C(=O)N(c5cc(C(F)(F)F)cc(C(F)(F)F)c5)C(=O)[C@@H]43)[C@H](c3c(O)ccc4ccccc34)[C@]2(c2ccc(Cl)cc2)C(=O)N1Nc1ccc(F)cc1. The predicted octanol–water partition coefficient (Wildman–Crippen LogP) is 9.56. The summed E-state index contributed by atoms with van der Waals surface area (Å²) in [4.78, 5) is 59.6. The summed E-state index contributed by atoms with van der Waals surface area (Å²) in [5.74, 6) is -10.9. The molecule has 0 spiro atoms. The van der Waals surface area contributed by atoms with E-state index in [1.165, 1.54) is 30.3 Å². The molecule has 306 valence electrons. The third kappa shape index (κ3) is 5.87. The first-order valence-electron chi connectivity index (χ1n) is 18.7. The normalized spacial score (nSPS) is 25.3. The highest BCUT2D eigenvalue weighted by atomic mass is 35.5. The van der Waals surface area contributed by atoms with E-state index < -0.39 is 93.6 Å². The van der Waals surface area contributed by atoms with E-state index in [4.69, 9.17) is 11.6 Å². The van der Waals surface area contributed by atoms with E-state index in [1.807, 2.05) is 0 Å². The van der Waals surface area contributed by atoms with Gasteiger partial charge in [0.2, 0.25) is 11.8 Å². The number of anilines is 2. The number of fused-ring (bicyclic) bond motifs is 5. The summed E-state index contributed by atoms with van der Waals surface area (Å²) in [6, 6.07) is 21.6. The van der Waals surface area contributed by atoms with Crippen LogP contribution in [-0.2, 0) is 36.9 Å². The summed E-state index contributed by atoms with van der Waals surface area (Å²) in [5.41, 5.74) is -2.41. The van der Waals surface area contributed by atoms with Gasteiger partial charge in [0.1, 0.15) is 11.6 Å². The number of halogens is 8. The van der Waals surface area contributed by atoms with Crippen LogP contribution in [0.25, 0.3) is 10.8 Å². The predicted molar refractivity (Wildman–Crippen MR) is 204 cm³/mol.